The van der Waals surface area contributed by atoms with Gasteiger partial charge in [0.1, 0.15) is 4.90 Å². The van der Waals surface area contributed by atoms with Crippen LogP contribution in [-0.4, -0.2) is 21.5 Å². The van der Waals surface area contributed by atoms with Crippen molar-refractivity contribution in [2.45, 2.75) is 30.2 Å². The van der Waals surface area contributed by atoms with Crippen LogP contribution in [0.4, 0.5) is 0 Å². The number of rotatable bonds is 4. The Labute approximate surface area is 152 Å². The van der Waals surface area contributed by atoms with E-state index >= 15 is 0 Å². The fraction of sp³-hybridized carbons (Fsp3) is 0.278. The molecule has 2 aromatic rings. The number of nitrogens with one attached hydrogen (secondary N) is 1. The van der Waals surface area contributed by atoms with Gasteiger partial charge in [-0.2, -0.15) is 0 Å². The van der Waals surface area contributed by atoms with Crippen LogP contribution < -0.4 is 4.72 Å². The third-order valence-corrected chi connectivity index (χ3v) is 6.28. The van der Waals surface area contributed by atoms with Crippen molar-refractivity contribution in [1.29, 1.82) is 0 Å². The van der Waals surface area contributed by atoms with Crippen LogP contribution in [0.5, 0.6) is 0 Å². The van der Waals surface area contributed by atoms with Gasteiger partial charge in [-0.05, 0) is 54.7 Å². The van der Waals surface area contributed by atoms with Crippen molar-refractivity contribution in [2.75, 3.05) is 7.11 Å². The highest BCUT2D eigenvalue weighted by Crippen LogP contribution is 2.32. The fourth-order valence-corrected chi connectivity index (χ4v) is 4.85. The van der Waals surface area contributed by atoms with Crippen molar-refractivity contribution >= 4 is 27.6 Å². The van der Waals surface area contributed by atoms with Crippen LogP contribution >= 0.6 is 11.6 Å². The highest BCUT2D eigenvalue weighted by Gasteiger charge is 2.27. The summed E-state index contributed by atoms with van der Waals surface area (Å²) in [6, 6.07) is 11.2. The summed E-state index contributed by atoms with van der Waals surface area (Å²) >= 11 is 6.03. The molecule has 1 aliphatic carbocycles. The highest BCUT2D eigenvalue weighted by atomic mass is 35.5. The topological polar surface area (TPSA) is 72.5 Å². The molecule has 0 spiro atoms. The number of hydrogen-bond acceptors (Lipinski definition) is 4. The van der Waals surface area contributed by atoms with E-state index in [4.69, 9.17) is 16.3 Å². The second kappa shape index (κ2) is 7.15. The first-order valence-corrected chi connectivity index (χ1v) is 9.76. The fourth-order valence-electron chi connectivity index (χ4n) is 3.08. The smallest absolute Gasteiger partial charge is 0.337 e. The van der Waals surface area contributed by atoms with Crippen molar-refractivity contribution in [1.82, 2.24) is 4.72 Å². The molecular weight excluding hydrogens is 362 g/mol. The summed E-state index contributed by atoms with van der Waals surface area (Å²) in [4.78, 5) is 11.8. The summed E-state index contributed by atoms with van der Waals surface area (Å²) in [5.41, 5.74) is 2.25. The zero-order valence-electron chi connectivity index (χ0n) is 13.7. The predicted molar refractivity (Wildman–Crippen MR) is 95.2 cm³/mol. The van der Waals surface area contributed by atoms with Gasteiger partial charge in [-0.3, -0.25) is 0 Å². The largest absolute Gasteiger partial charge is 0.465 e. The quantitative estimate of drug-likeness (QED) is 0.825. The van der Waals surface area contributed by atoms with Gasteiger partial charge in [-0.25, -0.2) is 17.9 Å². The Morgan fingerprint density at radius 1 is 1.24 bits per heavy atom. The van der Waals surface area contributed by atoms with E-state index in [2.05, 4.69) is 4.72 Å². The average molecular weight is 380 g/mol. The lowest BCUT2D eigenvalue weighted by Crippen LogP contribution is -2.31. The Morgan fingerprint density at radius 3 is 2.72 bits per heavy atom. The minimum Gasteiger partial charge on any atom is -0.465 e. The van der Waals surface area contributed by atoms with Gasteiger partial charge in [0, 0.05) is 6.04 Å². The van der Waals surface area contributed by atoms with Gasteiger partial charge in [0.25, 0.3) is 0 Å². The first kappa shape index (κ1) is 17.9. The Kier molecular flexibility index (Phi) is 5.13. The maximum absolute atomic E-state index is 12.7. The molecule has 1 aliphatic rings. The molecule has 132 valence electrons. The van der Waals surface area contributed by atoms with Crippen molar-refractivity contribution in [3.8, 4) is 0 Å². The molecule has 0 saturated carbocycles. The molecule has 2 aromatic carbocycles. The molecule has 1 N–H and O–H groups in total. The number of hydrogen-bond donors (Lipinski definition) is 1. The molecule has 0 aromatic heterocycles. The van der Waals surface area contributed by atoms with Crippen LogP contribution in [0, 0.1) is 0 Å². The van der Waals surface area contributed by atoms with Crippen molar-refractivity contribution in [3.63, 3.8) is 0 Å². The van der Waals surface area contributed by atoms with Crippen LogP contribution in [0.15, 0.2) is 47.4 Å². The molecule has 0 bridgehead atoms. The van der Waals surface area contributed by atoms with E-state index in [0.717, 1.165) is 24.0 Å². The zero-order valence-corrected chi connectivity index (χ0v) is 15.2. The molecule has 3 rings (SSSR count). The standard InChI is InChI=1S/C18H18ClNO4S/c1-24-18(21)13-10-9-12-5-4-7-16(14(12)11-13)20-25(22,23)17-8-3-2-6-15(17)19/h2-3,6,8-11,16,20H,4-5,7H2,1H3/t16-/m1/s1. The molecule has 7 heteroatoms. The monoisotopic (exact) mass is 379 g/mol. The van der Waals surface area contributed by atoms with E-state index in [1.54, 1.807) is 30.3 Å². The normalized spacial score (nSPS) is 17.0. The van der Waals surface area contributed by atoms with E-state index in [1.807, 2.05) is 6.07 Å². The summed E-state index contributed by atoms with van der Waals surface area (Å²) in [7, 11) is -2.45. The molecule has 0 fully saturated rings. The molecule has 0 radical (unpaired) electrons. The summed E-state index contributed by atoms with van der Waals surface area (Å²) in [5, 5.41) is 0.175. The number of carbonyl (C=O) groups is 1. The van der Waals surface area contributed by atoms with E-state index in [1.165, 1.54) is 13.2 Å². The predicted octanol–water partition coefficient (Wildman–Crippen LogP) is 3.48. The van der Waals surface area contributed by atoms with E-state index < -0.39 is 22.0 Å². The van der Waals surface area contributed by atoms with Crippen molar-refractivity contribution in [3.05, 3.63) is 64.2 Å². The van der Waals surface area contributed by atoms with Gasteiger partial charge in [-0.15, -0.1) is 0 Å². The number of methoxy groups -OCH3 is 1. The second-order valence-corrected chi connectivity index (χ2v) is 7.99. The third-order valence-electron chi connectivity index (χ3n) is 4.30. The van der Waals surface area contributed by atoms with Gasteiger partial charge < -0.3 is 4.74 Å². The average Bonchev–Trinajstić information content (AvgIpc) is 2.61. The third kappa shape index (κ3) is 3.71. The maximum atomic E-state index is 12.7. The molecule has 0 amide bonds. The number of benzene rings is 2. The Hall–Kier alpha value is -1.89. The van der Waals surface area contributed by atoms with E-state index in [-0.39, 0.29) is 9.92 Å². The van der Waals surface area contributed by atoms with Crippen LogP contribution in [0.1, 0.15) is 40.4 Å². The Bertz CT molecular complexity index is 911. The van der Waals surface area contributed by atoms with Crippen molar-refractivity contribution < 1.29 is 17.9 Å². The van der Waals surface area contributed by atoms with E-state index in [0.29, 0.717) is 12.0 Å². The summed E-state index contributed by atoms with van der Waals surface area (Å²) in [5.74, 6) is -0.443. The molecular formula is C18H18ClNO4S. The summed E-state index contributed by atoms with van der Waals surface area (Å²) in [6.45, 7) is 0. The molecule has 25 heavy (non-hydrogen) atoms. The van der Waals surface area contributed by atoms with Gasteiger partial charge >= 0.3 is 5.97 Å². The van der Waals surface area contributed by atoms with E-state index in [9.17, 15) is 13.2 Å². The second-order valence-electron chi connectivity index (χ2n) is 5.90. The minimum absolute atomic E-state index is 0.0490. The lowest BCUT2D eigenvalue weighted by Gasteiger charge is -2.27. The van der Waals surface area contributed by atoms with Crippen LogP contribution in [0.2, 0.25) is 5.02 Å². The molecule has 0 saturated heterocycles. The Balaban J connectivity index is 1.95. The number of ether oxygens (including phenoxy) is 1. The summed E-state index contributed by atoms with van der Waals surface area (Å²) in [6.07, 6.45) is 2.36. The first-order chi connectivity index (χ1) is 11.9. The van der Waals surface area contributed by atoms with Crippen molar-refractivity contribution in [2.24, 2.45) is 0 Å². The van der Waals surface area contributed by atoms with Gasteiger partial charge in [-0.1, -0.05) is 29.8 Å². The van der Waals surface area contributed by atoms with Gasteiger partial charge in [0.15, 0.2) is 0 Å². The Morgan fingerprint density at radius 2 is 2.00 bits per heavy atom. The number of fused-ring (bicyclic) bond motifs is 1. The molecule has 0 heterocycles. The number of aryl methyl sites for hydroxylation is 1. The number of halogens is 1. The lowest BCUT2D eigenvalue weighted by molar-refractivity contribution is 0.0600. The van der Waals surface area contributed by atoms with Crippen LogP contribution in [0.3, 0.4) is 0 Å². The lowest BCUT2D eigenvalue weighted by atomic mass is 9.87. The number of sulfonamides is 1. The minimum atomic E-state index is -3.77. The maximum Gasteiger partial charge on any atom is 0.337 e. The van der Waals surface area contributed by atoms with Crippen LogP contribution in [0.25, 0.3) is 0 Å². The highest BCUT2D eigenvalue weighted by molar-refractivity contribution is 7.89. The van der Waals surface area contributed by atoms with Crippen LogP contribution in [-0.2, 0) is 21.2 Å². The molecule has 1 atom stereocenters. The first-order valence-electron chi connectivity index (χ1n) is 7.90. The number of carbonyl (C=O) groups excluding carboxylic acids is 1. The molecule has 5 nitrogen and oxygen atoms in total. The van der Waals surface area contributed by atoms with Gasteiger partial charge in [0.05, 0.1) is 17.7 Å². The SMILES string of the molecule is COC(=O)c1ccc2c(c1)[C@H](NS(=O)(=O)c1ccccc1Cl)CCC2. The zero-order chi connectivity index (χ0) is 18.0. The summed E-state index contributed by atoms with van der Waals surface area (Å²) < 4.78 is 32.9. The molecule has 0 unspecified atom stereocenters. The number of esters is 1. The van der Waals surface area contributed by atoms with Gasteiger partial charge in [0.2, 0.25) is 10.0 Å². The molecule has 0 aliphatic heterocycles.